The Morgan fingerprint density at radius 3 is 2.69 bits per heavy atom. The molecule has 5 rings (SSSR count). The van der Waals surface area contributed by atoms with Crippen molar-refractivity contribution < 1.29 is 27.0 Å². The van der Waals surface area contributed by atoms with E-state index in [1.165, 1.54) is 16.1 Å². The van der Waals surface area contributed by atoms with Crippen LogP contribution in [0.15, 0.2) is 63.1 Å². The first-order valence-electron chi connectivity index (χ1n) is 10.1. The topological polar surface area (TPSA) is 104 Å². The molecule has 3 heterocycles. The number of hydrogen-bond donors (Lipinski definition) is 0. The number of sulfonamides is 1. The summed E-state index contributed by atoms with van der Waals surface area (Å²) in [6, 6.07) is 14.3. The minimum atomic E-state index is -3.54. The van der Waals surface area contributed by atoms with E-state index in [0.29, 0.717) is 54.7 Å². The van der Waals surface area contributed by atoms with Crippen molar-refractivity contribution in [1.82, 2.24) is 14.5 Å². The lowest BCUT2D eigenvalue weighted by Gasteiger charge is -2.26. The predicted molar refractivity (Wildman–Crippen MR) is 115 cm³/mol. The highest BCUT2D eigenvalue weighted by atomic mass is 32.2. The SMILES string of the molecule is O=S(=O)(c1cccc(CSc2nnc([C@H]3COc4ccccc4O3)o2)c1)N1CCOCC1. The molecule has 0 unspecified atom stereocenters. The van der Waals surface area contributed by atoms with Gasteiger partial charge in [-0.1, -0.05) is 36.0 Å². The van der Waals surface area contributed by atoms with Crippen LogP contribution < -0.4 is 9.47 Å². The maximum atomic E-state index is 12.9. The smallest absolute Gasteiger partial charge is 0.277 e. The summed E-state index contributed by atoms with van der Waals surface area (Å²) in [6.07, 6.45) is -0.478. The number of hydrogen-bond acceptors (Lipinski definition) is 9. The second-order valence-corrected chi connectivity index (χ2v) is 10.1. The predicted octanol–water partition coefficient (Wildman–Crippen LogP) is 2.90. The molecule has 1 fully saturated rings. The van der Waals surface area contributed by atoms with Crippen molar-refractivity contribution in [2.24, 2.45) is 0 Å². The van der Waals surface area contributed by atoms with E-state index in [9.17, 15) is 8.42 Å². The molecule has 1 atom stereocenters. The zero-order chi connectivity index (χ0) is 22.0. The normalized spacial score (nSPS) is 19.1. The van der Waals surface area contributed by atoms with Crippen LogP contribution in [0.2, 0.25) is 0 Å². The fraction of sp³-hybridized carbons (Fsp3) is 0.333. The van der Waals surface area contributed by atoms with Gasteiger partial charge in [0, 0.05) is 18.8 Å². The second-order valence-electron chi connectivity index (χ2n) is 7.22. The Balaban J connectivity index is 1.23. The quantitative estimate of drug-likeness (QED) is 0.498. The molecule has 0 amide bonds. The Morgan fingerprint density at radius 2 is 1.84 bits per heavy atom. The third-order valence-electron chi connectivity index (χ3n) is 5.07. The third-order valence-corrected chi connectivity index (χ3v) is 7.86. The maximum absolute atomic E-state index is 12.9. The molecule has 11 heteroatoms. The number of fused-ring (bicyclic) bond motifs is 1. The van der Waals surface area contributed by atoms with Gasteiger partial charge in [0.25, 0.3) is 11.1 Å². The molecule has 32 heavy (non-hydrogen) atoms. The van der Waals surface area contributed by atoms with Crippen molar-refractivity contribution in [3.63, 3.8) is 0 Å². The molecule has 0 aliphatic carbocycles. The molecule has 2 aliphatic heterocycles. The Kier molecular flexibility index (Phi) is 6.05. The first-order chi connectivity index (χ1) is 15.6. The van der Waals surface area contributed by atoms with Crippen LogP contribution in [0.25, 0.3) is 0 Å². The molecule has 168 valence electrons. The largest absolute Gasteiger partial charge is 0.485 e. The zero-order valence-corrected chi connectivity index (χ0v) is 18.7. The lowest BCUT2D eigenvalue weighted by Crippen LogP contribution is -2.40. The van der Waals surface area contributed by atoms with Gasteiger partial charge in [0.1, 0.15) is 6.61 Å². The van der Waals surface area contributed by atoms with E-state index in [1.54, 1.807) is 18.2 Å². The van der Waals surface area contributed by atoms with Crippen LogP contribution in [0, 0.1) is 0 Å². The molecule has 0 saturated carbocycles. The van der Waals surface area contributed by atoms with Gasteiger partial charge >= 0.3 is 0 Å². The fourth-order valence-electron chi connectivity index (χ4n) is 3.43. The van der Waals surface area contributed by atoms with Crippen molar-refractivity contribution in [2.75, 3.05) is 32.9 Å². The highest BCUT2D eigenvalue weighted by Crippen LogP contribution is 2.36. The Morgan fingerprint density at radius 1 is 1.03 bits per heavy atom. The van der Waals surface area contributed by atoms with Crippen molar-refractivity contribution in [2.45, 2.75) is 22.0 Å². The van der Waals surface area contributed by atoms with Gasteiger partial charge in [0.15, 0.2) is 11.5 Å². The Labute approximate surface area is 189 Å². The van der Waals surface area contributed by atoms with Gasteiger partial charge in [-0.05, 0) is 29.8 Å². The molecule has 2 aliphatic rings. The molecule has 1 aromatic heterocycles. The van der Waals surface area contributed by atoms with E-state index in [1.807, 2.05) is 30.3 Å². The molecule has 0 spiro atoms. The van der Waals surface area contributed by atoms with E-state index in [2.05, 4.69) is 10.2 Å². The summed E-state index contributed by atoms with van der Waals surface area (Å²) in [7, 11) is -3.54. The summed E-state index contributed by atoms with van der Waals surface area (Å²) >= 11 is 1.33. The number of benzene rings is 2. The van der Waals surface area contributed by atoms with Crippen LogP contribution >= 0.6 is 11.8 Å². The van der Waals surface area contributed by atoms with Crippen LogP contribution in [0.4, 0.5) is 0 Å². The van der Waals surface area contributed by atoms with Gasteiger partial charge in [-0.15, -0.1) is 10.2 Å². The first-order valence-corrected chi connectivity index (χ1v) is 12.5. The molecule has 1 saturated heterocycles. The molecule has 3 aromatic rings. The Bertz CT molecular complexity index is 1190. The molecular formula is C21H21N3O6S2. The second kappa shape index (κ2) is 9.10. The van der Waals surface area contributed by atoms with E-state index in [4.69, 9.17) is 18.6 Å². The number of nitrogens with zero attached hydrogens (tertiary/aromatic N) is 3. The first kappa shape index (κ1) is 21.3. The van der Waals surface area contributed by atoms with Gasteiger partial charge < -0.3 is 18.6 Å². The summed E-state index contributed by atoms with van der Waals surface area (Å²) in [5, 5.41) is 8.54. The number of para-hydroxylation sites is 2. The average molecular weight is 476 g/mol. The van der Waals surface area contributed by atoms with Crippen LogP contribution in [0.5, 0.6) is 11.5 Å². The van der Waals surface area contributed by atoms with Crippen molar-refractivity contribution >= 4 is 21.8 Å². The monoisotopic (exact) mass is 475 g/mol. The van der Waals surface area contributed by atoms with Gasteiger partial charge in [0.05, 0.1) is 18.1 Å². The summed E-state index contributed by atoms with van der Waals surface area (Å²) in [5.74, 6) is 2.14. The van der Waals surface area contributed by atoms with E-state index < -0.39 is 16.1 Å². The van der Waals surface area contributed by atoms with Crippen LogP contribution in [0.1, 0.15) is 17.6 Å². The fourth-order valence-corrected chi connectivity index (χ4v) is 5.62. The number of morpholine rings is 1. The number of thioether (sulfide) groups is 1. The lowest BCUT2D eigenvalue weighted by molar-refractivity contribution is 0.0686. The maximum Gasteiger partial charge on any atom is 0.277 e. The number of ether oxygens (including phenoxy) is 3. The molecule has 0 N–H and O–H groups in total. The summed E-state index contributed by atoms with van der Waals surface area (Å²) in [5.41, 5.74) is 0.843. The summed E-state index contributed by atoms with van der Waals surface area (Å²) in [4.78, 5) is 0.273. The lowest BCUT2D eigenvalue weighted by atomic mass is 10.2. The van der Waals surface area contributed by atoms with E-state index in [0.717, 1.165) is 5.56 Å². The highest BCUT2D eigenvalue weighted by Gasteiger charge is 2.28. The molecular weight excluding hydrogens is 454 g/mol. The van der Waals surface area contributed by atoms with Gasteiger partial charge in [0.2, 0.25) is 16.1 Å². The van der Waals surface area contributed by atoms with Crippen molar-refractivity contribution in [3.8, 4) is 11.5 Å². The third kappa shape index (κ3) is 4.46. The summed E-state index contributed by atoms with van der Waals surface area (Å²) < 4.78 is 49.8. The number of rotatable bonds is 6. The molecule has 2 aromatic carbocycles. The van der Waals surface area contributed by atoms with Crippen molar-refractivity contribution in [3.05, 3.63) is 60.0 Å². The minimum absolute atomic E-state index is 0.273. The molecule has 9 nitrogen and oxygen atoms in total. The molecule has 0 radical (unpaired) electrons. The summed E-state index contributed by atoms with van der Waals surface area (Å²) in [6.45, 7) is 1.84. The van der Waals surface area contributed by atoms with E-state index in [-0.39, 0.29) is 11.5 Å². The minimum Gasteiger partial charge on any atom is -0.485 e. The highest BCUT2D eigenvalue weighted by molar-refractivity contribution is 7.98. The zero-order valence-electron chi connectivity index (χ0n) is 17.0. The van der Waals surface area contributed by atoms with Gasteiger partial charge in [-0.25, -0.2) is 8.42 Å². The van der Waals surface area contributed by atoms with Gasteiger partial charge in [-0.2, -0.15) is 4.31 Å². The average Bonchev–Trinajstić information content (AvgIpc) is 3.32. The van der Waals surface area contributed by atoms with Crippen LogP contribution in [-0.2, 0) is 20.5 Å². The van der Waals surface area contributed by atoms with Crippen molar-refractivity contribution in [1.29, 1.82) is 0 Å². The number of aromatic nitrogens is 2. The molecule has 0 bridgehead atoms. The van der Waals surface area contributed by atoms with E-state index >= 15 is 0 Å². The Hall–Kier alpha value is -2.60. The van der Waals surface area contributed by atoms with Crippen LogP contribution in [-0.4, -0.2) is 55.8 Å². The van der Waals surface area contributed by atoms with Gasteiger partial charge in [-0.3, -0.25) is 0 Å². The van der Waals surface area contributed by atoms with Crippen LogP contribution in [0.3, 0.4) is 0 Å². The standard InChI is InChI=1S/C21H21N3O6S2/c25-32(26,24-8-10-27-11-9-24)16-5-3-4-15(12-16)14-31-21-23-22-20(30-21)19-13-28-17-6-1-2-7-18(17)29-19/h1-7,12,19H,8-11,13-14H2/t19-/m1/s1.